The lowest BCUT2D eigenvalue weighted by molar-refractivity contribution is 0.354. The van der Waals surface area contributed by atoms with Crippen molar-refractivity contribution in [3.63, 3.8) is 0 Å². The largest absolute Gasteiger partial charge is 0.493 e. The van der Waals surface area contributed by atoms with Gasteiger partial charge in [-0.3, -0.25) is 0 Å². The van der Waals surface area contributed by atoms with Crippen molar-refractivity contribution in [2.24, 2.45) is 0 Å². The highest BCUT2D eigenvalue weighted by molar-refractivity contribution is 5.42. The summed E-state index contributed by atoms with van der Waals surface area (Å²) in [6.45, 7) is 0.908. The fourth-order valence-corrected chi connectivity index (χ4v) is 3.62. The van der Waals surface area contributed by atoms with Crippen molar-refractivity contribution >= 4 is 0 Å². The summed E-state index contributed by atoms with van der Waals surface area (Å²) in [6, 6.07) is 6.86. The van der Waals surface area contributed by atoms with Crippen LogP contribution in [0.3, 0.4) is 0 Å². The Morgan fingerprint density at radius 3 is 1.88 bits per heavy atom. The van der Waals surface area contributed by atoms with Crippen LogP contribution in [-0.2, 0) is 6.54 Å². The van der Waals surface area contributed by atoms with Crippen molar-refractivity contribution in [1.29, 1.82) is 0 Å². The van der Waals surface area contributed by atoms with Gasteiger partial charge in [0.2, 0.25) is 0 Å². The lowest BCUT2D eigenvalue weighted by atomic mass is 9.98. The summed E-state index contributed by atoms with van der Waals surface area (Å²) in [6.07, 6.45) is 15.3. The molecule has 3 nitrogen and oxygen atoms in total. The summed E-state index contributed by atoms with van der Waals surface area (Å²) in [7, 11) is 3.38. The lowest BCUT2D eigenvalue weighted by Gasteiger charge is -2.20. The van der Waals surface area contributed by atoms with Gasteiger partial charge in [-0.2, -0.15) is 0 Å². The van der Waals surface area contributed by atoms with Crippen molar-refractivity contribution in [3.8, 4) is 11.5 Å². The number of hydrogen-bond donors (Lipinski definition) is 1. The molecule has 0 heterocycles. The number of methoxy groups -OCH3 is 2. The fourth-order valence-electron chi connectivity index (χ4n) is 3.62. The zero-order valence-electron chi connectivity index (χ0n) is 15.6. The van der Waals surface area contributed by atoms with Crippen LogP contribution >= 0.6 is 0 Å². The predicted molar refractivity (Wildman–Crippen MR) is 101 cm³/mol. The first-order valence-electron chi connectivity index (χ1n) is 9.78. The van der Waals surface area contributed by atoms with E-state index in [0.717, 1.165) is 18.0 Å². The third kappa shape index (κ3) is 6.72. The van der Waals surface area contributed by atoms with Crippen LogP contribution in [0.5, 0.6) is 11.5 Å². The van der Waals surface area contributed by atoms with E-state index in [1.807, 2.05) is 6.07 Å². The molecule has 0 bridgehead atoms. The van der Waals surface area contributed by atoms with Crippen LogP contribution in [0.2, 0.25) is 0 Å². The minimum absolute atomic E-state index is 0.650. The Bertz CT molecular complexity index is 449. The summed E-state index contributed by atoms with van der Waals surface area (Å²) in [5.74, 6) is 1.61. The molecule has 1 saturated carbocycles. The normalized spacial score (nSPS) is 18.4. The van der Waals surface area contributed by atoms with Gasteiger partial charge in [0.25, 0.3) is 0 Å². The molecular formula is C21H35NO2. The van der Waals surface area contributed by atoms with Crippen molar-refractivity contribution in [2.45, 2.75) is 83.2 Å². The second-order valence-electron chi connectivity index (χ2n) is 7.03. The molecule has 0 aromatic heterocycles. The fraction of sp³-hybridized carbons (Fsp3) is 0.714. The smallest absolute Gasteiger partial charge is 0.161 e. The summed E-state index contributed by atoms with van der Waals surface area (Å²) in [4.78, 5) is 0. The molecule has 1 aromatic rings. The van der Waals surface area contributed by atoms with Crippen LogP contribution < -0.4 is 14.8 Å². The van der Waals surface area contributed by atoms with Crippen LogP contribution in [0, 0.1) is 0 Å². The second kappa shape index (κ2) is 11.4. The minimum atomic E-state index is 0.650. The maximum Gasteiger partial charge on any atom is 0.161 e. The van der Waals surface area contributed by atoms with Crippen LogP contribution in [-0.4, -0.2) is 20.3 Å². The van der Waals surface area contributed by atoms with Gasteiger partial charge in [0, 0.05) is 12.6 Å². The van der Waals surface area contributed by atoms with Gasteiger partial charge in [0.05, 0.1) is 14.2 Å². The molecule has 1 fully saturated rings. The SMILES string of the molecule is COc1ccc(CNC2CCCCCCCCCCC2)cc1OC. The van der Waals surface area contributed by atoms with E-state index in [-0.39, 0.29) is 0 Å². The Hall–Kier alpha value is -1.22. The number of ether oxygens (including phenoxy) is 2. The number of benzene rings is 1. The van der Waals surface area contributed by atoms with E-state index >= 15 is 0 Å². The van der Waals surface area contributed by atoms with Gasteiger partial charge in [-0.1, -0.05) is 63.9 Å². The molecule has 24 heavy (non-hydrogen) atoms. The van der Waals surface area contributed by atoms with Gasteiger partial charge in [0.1, 0.15) is 0 Å². The Morgan fingerprint density at radius 2 is 1.33 bits per heavy atom. The van der Waals surface area contributed by atoms with Gasteiger partial charge in [-0.15, -0.1) is 0 Å². The van der Waals surface area contributed by atoms with E-state index in [4.69, 9.17) is 9.47 Å². The number of rotatable bonds is 5. The quantitative estimate of drug-likeness (QED) is 0.775. The molecule has 3 heteroatoms. The summed E-state index contributed by atoms with van der Waals surface area (Å²) in [5.41, 5.74) is 1.26. The molecule has 0 saturated heterocycles. The first-order valence-corrected chi connectivity index (χ1v) is 9.78. The van der Waals surface area contributed by atoms with E-state index < -0.39 is 0 Å². The van der Waals surface area contributed by atoms with E-state index in [2.05, 4.69) is 17.4 Å². The molecule has 1 aromatic carbocycles. The van der Waals surface area contributed by atoms with Gasteiger partial charge in [0.15, 0.2) is 11.5 Å². The Labute approximate surface area is 148 Å². The Kier molecular flexibility index (Phi) is 9.04. The highest BCUT2D eigenvalue weighted by atomic mass is 16.5. The second-order valence-corrected chi connectivity index (χ2v) is 7.03. The molecule has 1 N–H and O–H groups in total. The van der Waals surface area contributed by atoms with E-state index in [9.17, 15) is 0 Å². The molecule has 2 rings (SSSR count). The highest BCUT2D eigenvalue weighted by Gasteiger charge is 2.10. The molecule has 1 aliphatic rings. The highest BCUT2D eigenvalue weighted by Crippen LogP contribution is 2.27. The van der Waals surface area contributed by atoms with E-state index in [1.54, 1.807) is 14.2 Å². The number of hydrogen-bond acceptors (Lipinski definition) is 3. The summed E-state index contributed by atoms with van der Waals surface area (Å²) >= 11 is 0. The van der Waals surface area contributed by atoms with Gasteiger partial charge in [-0.25, -0.2) is 0 Å². The third-order valence-electron chi connectivity index (χ3n) is 5.15. The first kappa shape index (κ1) is 19.1. The molecule has 0 atom stereocenters. The van der Waals surface area contributed by atoms with Crippen molar-refractivity contribution < 1.29 is 9.47 Å². The monoisotopic (exact) mass is 333 g/mol. The van der Waals surface area contributed by atoms with E-state index in [0.29, 0.717) is 6.04 Å². The van der Waals surface area contributed by atoms with Gasteiger partial charge >= 0.3 is 0 Å². The van der Waals surface area contributed by atoms with Crippen LogP contribution in [0.1, 0.15) is 76.2 Å². The zero-order chi connectivity index (χ0) is 17.0. The molecule has 0 radical (unpaired) electrons. The molecular weight excluding hydrogens is 298 g/mol. The lowest BCUT2D eigenvalue weighted by Crippen LogP contribution is -2.28. The maximum atomic E-state index is 5.41. The predicted octanol–water partition coefficient (Wildman–Crippen LogP) is 5.47. The standard InChI is InChI=1S/C21H35NO2/c1-23-20-15-14-18(16-21(20)24-2)17-22-19-12-10-8-6-4-3-5-7-9-11-13-19/h14-16,19,22H,3-13,17H2,1-2H3. The molecule has 1 aliphatic carbocycles. The molecule has 0 unspecified atom stereocenters. The minimum Gasteiger partial charge on any atom is -0.493 e. The Morgan fingerprint density at radius 1 is 0.792 bits per heavy atom. The zero-order valence-corrected chi connectivity index (χ0v) is 15.6. The van der Waals surface area contributed by atoms with Crippen molar-refractivity contribution in [1.82, 2.24) is 5.32 Å². The van der Waals surface area contributed by atoms with E-state index in [1.165, 1.54) is 76.2 Å². The number of nitrogens with one attached hydrogen (secondary N) is 1. The average Bonchev–Trinajstić information content (AvgIpc) is 2.61. The molecule has 136 valence electrons. The topological polar surface area (TPSA) is 30.5 Å². The van der Waals surface area contributed by atoms with Gasteiger partial charge in [-0.05, 0) is 30.5 Å². The summed E-state index contributed by atoms with van der Waals surface area (Å²) < 4.78 is 10.7. The average molecular weight is 334 g/mol. The first-order chi connectivity index (χ1) is 11.8. The molecule has 0 amide bonds. The molecule has 0 aliphatic heterocycles. The summed E-state index contributed by atoms with van der Waals surface area (Å²) in [5, 5.41) is 3.78. The Balaban J connectivity index is 1.85. The van der Waals surface area contributed by atoms with Crippen LogP contribution in [0.4, 0.5) is 0 Å². The maximum absolute atomic E-state index is 5.41. The molecule has 0 spiro atoms. The van der Waals surface area contributed by atoms with Crippen LogP contribution in [0.15, 0.2) is 18.2 Å². The third-order valence-corrected chi connectivity index (χ3v) is 5.15. The van der Waals surface area contributed by atoms with Gasteiger partial charge < -0.3 is 14.8 Å². The van der Waals surface area contributed by atoms with Crippen molar-refractivity contribution in [3.05, 3.63) is 23.8 Å². The van der Waals surface area contributed by atoms with Crippen LogP contribution in [0.25, 0.3) is 0 Å². The van der Waals surface area contributed by atoms with Crippen molar-refractivity contribution in [2.75, 3.05) is 14.2 Å².